The summed E-state index contributed by atoms with van der Waals surface area (Å²) < 4.78 is 5.34. The third-order valence-electron chi connectivity index (χ3n) is 4.75. The molecular formula is C18H25NO2. The van der Waals surface area contributed by atoms with E-state index in [1.54, 1.807) is 0 Å². The Morgan fingerprint density at radius 2 is 2.10 bits per heavy atom. The predicted molar refractivity (Wildman–Crippen MR) is 83.3 cm³/mol. The Balaban J connectivity index is 1.49. The number of hydrogen-bond donors (Lipinski definition) is 1. The van der Waals surface area contributed by atoms with E-state index in [-0.39, 0.29) is 11.8 Å². The Morgan fingerprint density at radius 1 is 1.33 bits per heavy atom. The van der Waals surface area contributed by atoms with Crippen LogP contribution >= 0.6 is 0 Å². The lowest BCUT2D eigenvalue weighted by molar-refractivity contribution is -0.122. The lowest BCUT2D eigenvalue weighted by Gasteiger charge is -2.10. The van der Waals surface area contributed by atoms with Crippen LogP contribution in [0.1, 0.15) is 49.7 Å². The van der Waals surface area contributed by atoms with Crippen molar-refractivity contribution < 1.29 is 9.53 Å². The number of amides is 1. The molecule has 0 aromatic heterocycles. The van der Waals surface area contributed by atoms with Crippen LogP contribution in [0.3, 0.4) is 0 Å². The van der Waals surface area contributed by atoms with Crippen molar-refractivity contribution in [3.8, 4) is 0 Å². The van der Waals surface area contributed by atoms with Crippen molar-refractivity contribution in [3.05, 3.63) is 35.4 Å². The van der Waals surface area contributed by atoms with Crippen molar-refractivity contribution in [1.82, 2.24) is 5.32 Å². The molecule has 2 fully saturated rings. The van der Waals surface area contributed by atoms with Crippen LogP contribution in [-0.2, 0) is 9.53 Å². The molecule has 1 aliphatic heterocycles. The molecule has 1 saturated heterocycles. The Bertz CT molecular complexity index is 488. The van der Waals surface area contributed by atoms with Gasteiger partial charge in [0.25, 0.3) is 0 Å². The van der Waals surface area contributed by atoms with E-state index in [4.69, 9.17) is 4.74 Å². The molecule has 1 aromatic carbocycles. The van der Waals surface area contributed by atoms with Crippen LogP contribution in [0.15, 0.2) is 24.3 Å². The quantitative estimate of drug-likeness (QED) is 0.904. The lowest BCUT2D eigenvalue weighted by atomic mass is 10.00. The molecule has 3 rings (SSSR count). The molecule has 3 nitrogen and oxygen atoms in total. The molecule has 0 unspecified atom stereocenters. The maximum atomic E-state index is 12.2. The molecule has 1 heterocycles. The zero-order valence-electron chi connectivity index (χ0n) is 13.0. The smallest absolute Gasteiger partial charge is 0.223 e. The molecule has 114 valence electrons. The maximum Gasteiger partial charge on any atom is 0.223 e. The van der Waals surface area contributed by atoms with Crippen LogP contribution in [0.4, 0.5) is 0 Å². The van der Waals surface area contributed by atoms with E-state index < -0.39 is 0 Å². The fourth-order valence-electron chi connectivity index (χ4n) is 3.10. The van der Waals surface area contributed by atoms with Gasteiger partial charge in [-0.1, -0.05) is 38.1 Å². The van der Waals surface area contributed by atoms with E-state index in [9.17, 15) is 4.79 Å². The lowest BCUT2D eigenvalue weighted by Crippen LogP contribution is -2.31. The SMILES string of the molecule is CC(C)c1ccc([C@@H]2C[C@@H]2C(=O)NC[C@@H]2CCOC2)cc1. The molecule has 2 aliphatic rings. The average molecular weight is 287 g/mol. The Kier molecular flexibility index (Phi) is 4.29. The van der Waals surface area contributed by atoms with Crippen molar-refractivity contribution in [2.24, 2.45) is 11.8 Å². The zero-order valence-corrected chi connectivity index (χ0v) is 13.0. The predicted octanol–water partition coefficient (Wildman–Crippen LogP) is 3.07. The summed E-state index contributed by atoms with van der Waals surface area (Å²) >= 11 is 0. The molecule has 1 N–H and O–H groups in total. The first-order valence-electron chi connectivity index (χ1n) is 8.10. The standard InChI is InChI=1S/C18H25NO2/c1-12(2)14-3-5-15(6-4-14)16-9-17(16)18(20)19-10-13-7-8-21-11-13/h3-6,12-13,16-17H,7-11H2,1-2H3,(H,19,20)/t13-,16-,17-/m0/s1. The Hall–Kier alpha value is -1.35. The largest absolute Gasteiger partial charge is 0.381 e. The maximum absolute atomic E-state index is 12.2. The third kappa shape index (κ3) is 3.46. The van der Waals surface area contributed by atoms with Crippen LogP contribution in [-0.4, -0.2) is 25.7 Å². The van der Waals surface area contributed by atoms with E-state index in [1.807, 2.05) is 0 Å². The normalized spacial score (nSPS) is 27.9. The molecule has 1 saturated carbocycles. The van der Waals surface area contributed by atoms with E-state index >= 15 is 0 Å². The van der Waals surface area contributed by atoms with Gasteiger partial charge >= 0.3 is 0 Å². The summed E-state index contributed by atoms with van der Waals surface area (Å²) in [6.45, 7) is 6.82. The summed E-state index contributed by atoms with van der Waals surface area (Å²) in [7, 11) is 0. The molecule has 21 heavy (non-hydrogen) atoms. The minimum atomic E-state index is 0.178. The van der Waals surface area contributed by atoms with E-state index in [2.05, 4.69) is 43.4 Å². The van der Waals surface area contributed by atoms with Gasteiger partial charge in [-0.25, -0.2) is 0 Å². The van der Waals surface area contributed by atoms with Crippen molar-refractivity contribution in [1.29, 1.82) is 0 Å². The number of benzene rings is 1. The molecule has 0 bridgehead atoms. The Morgan fingerprint density at radius 3 is 2.71 bits per heavy atom. The van der Waals surface area contributed by atoms with Gasteiger partial charge < -0.3 is 10.1 Å². The van der Waals surface area contributed by atoms with Gasteiger partial charge in [0.15, 0.2) is 0 Å². The topological polar surface area (TPSA) is 38.3 Å². The second-order valence-corrected chi connectivity index (χ2v) is 6.74. The number of carbonyl (C=O) groups excluding carboxylic acids is 1. The second kappa shape index (κ2) is 6.18. The van der Waals surface area contributed by atoms with Crippen molar-refractivity contribution in [2.75, 3.05) is 19.8 Å². The van der Waals surface area contributed by atoms with Crippen molar-refractivity contribution in [3.63, 3.8) is 0 Å². The monoisotopic (exact) mass is 287 g/mol. The summed E-state index contributed by atoms with van der Waals surface area (Å²) in [4.78, 5) is 12.2. The highest BCUT2D eigenvalue weighted by atomic mass is 16.5. The number of ether oxygens (including phenoxy) is 1. The summed E-state index contributed by atoms with van der Waals surface area (Å²) in [6, 6.07) is 8.78. The second-order valence-electron chi connectivity index (χ2n) is 6.74. The minimum absolute atomic E-state index is 0.178. The van der Waals surface area contributed by atoms with Gasteiger partial charge in [0.2, 0.25) is 5.91 Å². The van der Waals surface area contributed by atoms with Crippen LogP contribution in [0.5, 0.6) is 0 Å². The molecule has 3 heteroatoms. The fourth-order valence-corrected chi connectivity index (χ4v) is 3.10. The average Bonchev–Trinajstić information content (AvgIpc) is 3.12. The molecule has 0 radical (unpaired) electrons. The summed E-state index contributed by atoms with van der Waals surface area (Å²) in [6.07, 6.45) is 2.07. The van der Waals surface area contributed by atoms with Gasteiger partial charge in [0, 0.05) is 25.0 Å². The van der Waals surface area contributed by atoms with Gasteiger partial charge in [0.1, 0.15) is 0 Å². The van der Waals surface area contributed by atoms with Gasteiger partial charge in [-0.05, 0) is 35.8 Å². The third-order valence-corrected chi connectivity index (χ3v) is 4.75. The van der Waals surface area contributed by atoms with Crippen LogP contribution in [0, 0.1) is 11.8 Å². The summed E-state index contributed by atoms with van der Waals surface area (Å²) in [5.41, 5.74) is 2.67. The zero-order chi connectivity index (χ0) is 14.8. The van der Waals surface area contributed by atoms with E-state index in [0.29, 0.717) is 17.8 Å². The highest BCUT2D eigenvalue weighted by Gasteiger charge is 2.43. The number of carbonyl (C=O) groups is 1. The first kappa shape index (κ1) is 14.6. The molecular weight excluding hydrogens is 262 g/mol. The molecule has 0 spiro atoms. The van der Waals surface area contributed by atoms with Gasteiger partial charge in [-0.15, -0.1) is 0 Å². The minimum Gasteiger partial charge on any atom is -0.381 e. The highest BCUT2D eigenvalue weighted by molar-refractivity contribution is 5.82. The molecule has 1 aromatic rings. The van der Waals surface area contributed by atoms with Gasteiger partial charge in [-0.3, -0.25) is 4.79 Å². The number of hydrogen-bond acceptors (Lipinski definition) is 2. The molecule has 1 amide bonds. The first-order chi connectivity index (χ1) is 10.1. The molecule has 3 atom stereocenters. The number of nitrogens with one attached hydrogen (secondary N) is 1. The van der Waals surface area contributed by atoms with Gasteiger partial charge in [-0.2, -0.15) is 0 Å². The summed E-state index contributed by atoms with van der Waals surface area (Å²) in [5.74, 6) is 1.89. The van der Waals surface area contributed by atoms with Crippen LogP contribution in [0.2, 0.25) is 0 Å². The van der Waals surface area contributed by atoms with Crippen LogP contribution in [0.25, 0.3) is 0 Å². The van der Waals surface area contributed by atoms with E-state index in [1.165, 1.54) is 11.1 Å². The number of rotatable bonds is 5. The van der Waals surface area contributed by atoms with Crippen molar-refractivity contribution >= 4 is 5.91 Å². The Labute approximate surface area is 127 Å². The fraction of sp³-hybridized carbons (Fsp3) is 0.611. The van der Waals surface area contributed by atoms with Crippen LogP contribution < -0.4 is 5.32 Å². The van der Waals surface area contributed by atoms with E-state index in [0.717, 1.165) is 32.6 Å². The first-order valence-corrected chi connectivity index (χ1v) is 8.10. The van der Waals surface area contributed by atoms with Gasteiger partial charge in [0.05, 0.1) is 6.61 Å². The molecule has 1 aliphatic carbocycles. The van der Waals surface area contributed by atoms with Crippen molar-refractivity contribution in [2.45, 2.75) is 38.5 Å². The highest BCUT2D eigenvalue weighted by Crippen LogP contribution is 2.47. The summed E-state index contributed by atoms with van der Waals surface area (Å²) in [5, 5.41) is 3.10.